The van der Waals surface area contributed by atoms with Gasteiger partial charge in [-0.25, -0.2) is 0 Å². The van der Waals surface area contributed by atoms with Crippen LogP contribution < -0.4 is 0 Å². The van der Waals surface area contributed by atoms with Crippen molar-refractivity contribution in [2.24, 2.45) is 0 Å². The number of rotatable bonds is 6. The molecule has 0 spiro atoms. The van der Waals surface area contributed by atoms with E-state index < -0.39 is 25.9 Å². The first kappa shape index (κ1) is 17.7. The van der Waals surface area contributed by atoms with Crippen LogP contribution in [0.25, 0.3) is 0 Å². The molecule has 1 aliphatic rings. The van der Waals surface area contributed by atoms with Crippen LogP contribution in [0.3, 0.4) is 0 Å². The van der Waals surface area contributed by atoms with Gasteiger partial charge in [0.15, 0.2) is 0 Å². The van der Waals surface area contributed by atoms with E-state index in [-0.39, 0.29) is 0 Å². The molecule has 3 rings (SSSR count). The standard InChI is InChI=1S/C8H13Si.2C7H7.Ti/c1-9(2,3)8-6-4-5-7-8;2*1-7-5-3-2-4-6-7;/h4,6H,5H2,1-3H3;2*2-6H,1H2;. The van der Waals surface area contributed by atoms with E-state index in [0.29, 0.717) is 0 Å². The summed E-state index contributed by atoms with van der Waals surface area (Å²) >= 11 is -1.38. The molecule has 0 nitrogen and oxygen atoms in total. The van der Waals surface area contributed by atoms with Gasteiger partial charge in [0.1, 0.15) is 0 Å². The van der Waals surface area contributed by atoms with E-state index in [4.69, 9.17) is 0 Å². The predicted octanol–water partition coefficient (Wildman–Crippen LogP) is 6.10. The van der Waals surface area contributed by atoms with Crippen LogP contribution in [-0.2, 0) is 27.3 Å². The van der Waals surface area contributed by atoms with E-state index in [1.807, 2.05) is 3.88 Å². The van der Waals surface area contributed by atoms with E-state index in [0.717, 1.165) is 0 Å². The van der Waals surface area contributed by atoms with E-state index in [9.17, 15) is 0 Å². The molecule has 2 aromatic rings. The van der Waals surface area contributed by atoms with Gasteiger partial charge < -0.3 is 0 Å². The molecule has 0 fully saturated rings. The Balaban J connectivity index is 1.93. The van der Waals surface area contributed by atoms with Crippen molar-refractivity contribution in [2.75, 3.05) is 0 Å². The average molecular weight is 367 g/mol. The van der Waals surface area contributed by atoms with Gasteiger partial charge in [0.2, 0.25) is 0 Å². The summed E-state index contributed by atoms with van der Waals surface area (Å²) < 4.78 is 4.48. The second kappa shape index (κ2) is 7.82. The van der Waals surface area contributed by atoms with Crippen molar-refractivity contribution >= 4 is 8.07 Å². The Morgan fingerprint density at radius 2 is 1.29 bits per heavy atom. The summed E-state index contributed by atoms with van der Waals surface area (Å²) in [5.41, 5.74) is 3.05. The van der Waals surface area contributed by atoms with Crippen molar-refractivity contribution in [2.45, 2.75) is 35.5 Å². The van der Waals surface area contributed by atoms with Crippen LogP contribution in [0, 0.1) is 0 Å². The molecule has 0 heterocycles. The van der Waals surface area contributed by atoms with Gasteiger partial charge in [-0.05, 0) is 0 Å². The fourth-order valence-electron chi connectivity index (χ4n) is 3.50. The molecule has 0 saturated heterocycles. The number of hydrogen-bond donors (Lipinski definition) is 0. The van der Waals surface area contributed by atoms with Crippen LogP contribution in [0.1, 0.15) is 17.5 Å². The number of benzene rings is 2. The second-order valence-electron chi connectivity index (χ2n) is 7.68. The molecule has 2 aromatic carbocycles. The Morgan fingerprint density at radius 3 is 1.75 bits per heavy atom. The SMILES string of the molecule is C[Si](C)(C)C1=[C]([Ti]([CH2]c2ccccc2)[CH2]c2ccccc2)CC=C1. The van der Waals surface area contributed by atoms with E-state index in [1.54, 1.807) is 5.20 Å². The summed E-state index contributed by atoms with van der Waals surface area (Å²) in [6.07, 6.45) is 6.10. The summed E-state index contributed by atoms with van der Waals surface area (Å²) in [6.45, 7) is 7.50. The zero-order valence-corrected chi connectivity index (χ0v) is 17.6. The zero-order valence-electron chi connectivity index (χ0n) is 15.0. The molecular weight excluding hydrogens is 340 g/mol. The first-order valence-corrected chi connectivity index (χ1v) is 15.4. The molecule has 0 saturated carbocycles. The van der Waals surface area contributed by atoms with Crippen molar-refractivity contribution in [3.05, 3.63) is 93.0 Å². The van der Waals surface area contributed by atoms with Gasteiger partial charge in [-0.2, -0.15) is 0 Å². The number of hydrogen-bond acceptors (Lipinski definition) is 0. The Hall–Kier alpha value is -1.15. The van der Waals surface area contributed by atoms with Gasteiger partial charge in [0.25, 0.3) is 0 Å². The molecule has 123 valence electrons. The first-order valence-electron chi connectivity index (χ1n) is 8.87. The van der Waals surface area contributed by atoms with E-state index in [1.165, 1.54) is 27.0 Å². The van der Waals surface area contributed by atoms with Gasteiger partial charge >= 0.3 is 154 Å². The Morgan fingerprint density at radius 1 is 0.792 bits per heavy atom. The van der Waals surface area contributed by atoms with Crippen molar-refractivity contribution in [3.8, 4) is 0 Å². The molecule has 0 radical (unpaired) electrons. The van der Waals surface area contributed by atoms with Gasteiger partial charge in [0.05, 0.1) is 0 Å². The van der Waals surface area contributed by atoms with Gasteiger partial charge in [-0.1, -0.05) is 0 Å². The van der Waals surface area contributed by atoms with Crippen LogP contribution in [0.15, 0.2) is 81.9 Å². The fraction of sp³-hybridized carbons (Fsp3) is 0.273. The average Bonchev–Trinajstić information content (AvgIpc) is 3.06. The third-order valence-corrected chi connectivity index (χ3v) is 11.8. The molecule has 1 aliphatic carbocycles. The van der Waals surface area contributed by atoms with Crippen molar-refractivity contribution in [3.63, 3.8) is 0 Å². The third kappa shape index (κ3) is 4.47. The van der Waals surface area contributed by atoms with E-state index >= 15 is 0 Å². The third-order valence-electron chi connectivity index (χ3n) is 4.69. The second-order valence-corrected chi connectivity index (χ2v) is 16.6. The van der Waals surface area contributed by atoms with Crippen LogP contribution in [0.4, 0.5) is 0 Å². The quantitative estimate of drug-likeness (QED) is 0.542. The Kier molecular flexibility index (Phi) is 5.76. The summed E-state index contributed by atoms with van der Waals surface area (Å²) in [7, 11) is -1.25. The Labute approximate surface area is 154 Å². The molecule has 0 aliphatic heterocycles. The van der Waals surface area contributed by atoms with Gasteiger partial charge in [0, 0.05) is 0 Å². The minimum atomic E-state index is -1.38. The normalized spacial score (nSPS) is 14.3. The van der Waals surface area contributed by atoms with Gasteiger partial charge in [-0.3, -0.25) is 0 Å². The van der Waals surface area contributed by atoms with Crippen molar-refractivity contribution in [1.82, 2.24) is 0 Å². The van der Waals surface area contributed by atoms with Crippen LogP contribution in [-0.4, -0.2) is 8.07 Å². The topological polar surface area (TPSA) is 0 Å². The molecule has 2 heteroatoms. The van der Waals surface area contributed by atoms with Crippen LogP contribution >= 0.6 is 0 Å². The maximum atomic E-state index is 2.50. The molecule has 0 amide bonds. The monoisotopic (exact) mass is 367 g/mol. The van der Waals surface area contributed by atoms with Crippen molar-refractivity contribution < 1.29 is 17.9 Å². The number of allylic oxidation sites excluding steroid dienone is 4. The molecule has 0 atom stereocenters. The molecule has 0 N–H and O–H groups in total. The summed E-state index contributed by atoms with van der Waals surface area (Å²) in [5, 5.41) is 1.75. The zero-order chi connectivity index (χ0) is 17.0. The summed E-state index contributed by atoms with van der Waals surface area (Å²) in [5.74, 6) is 0. The predicted molar refractivity (Wildman–Crippen MR) is 104 cm³/mol. The molecule has 0 bridgehead atoms. The molecule has 24 heavy (non-hydrogen) atoms. The molecular formula is C22H27SiTi. The van der Waals surface area contributed by atoms with Crippen LogP contribution in [0.2, 0.25) is 19.6 Å². The first-order chi connectivity index (χ1) is 11.5. The van der Waals surface area contributed by atoms with Crippen LogP contribution in [0.5, 0.6) is 0 Å². The Bertz CT molecular complexity index is 682. The van der Waals surface area contributed by atoms with Gasteiger partial charge in [-0.15, -0.1) is 0 Å². The minimum absolute atomic E-state index is 1.22. The molecule has 0 unspecified atom stereocenters. The fourth-order valence-corrected chi connectivity index (χ4v) is 12.1. The summed E-state index contributed by atoms with van der Waals surface area (Å²) in [4.78, 5) is 0. The summed E-state index contributed by atoms with van der Waals surface area (Å²) in [6, 6.07) is 22.3. The maximum absolute atomic E-state index is 2.50. The van der Waals surface area contributed by atoms with Crippen molar-refractivity contribution in [1.29, 1.82) is 0 Å². The van der Waals surface area contributed by atoms with E-state index in [2.05, 4.69) is 92.5 Å². The molecule has 0 aromatic heterocycles.